The number of ether oxygens (including phenoxy) is 1. The van der Waals surface area contributed by atoms with Gasteiger partial charge in [-0.1, -0.05) is 0 Å². The number of rotatable bonds is 3. The van der Waals surface area contributed by atoms with Crippen LogP contribution < -0.4 is 21.1 Å². The van der Waals surface area contributed by atoms with Gasteiger partial charge in [-0.2, -0.15) is 0 Å². The molecule has 0 fully saturated rings. The largest absolute Gasteiger partial charge is 0.474 e. The molecule has 2 aromatic carbocycles. The Morgan fingerprint density at radius 1 is 1.17 bits per heavy atom. The molecule has 178 valence electrons. The minimum Gasteiger partial charge on any atom is -0.474 e. The number of fused-ring (bicyclic) bond motifs is 3. The standard InChI is InChI=1S/C24H21FN6O3S/c1-12-16(10-28-23-22(12)27-5-6-34-23)15-9-18-17(21(26)20(15)25)11-29-24(31-18)30-14-2-3-19-13(8-14)4-7-35(19,32)33/h2-3,8-11,27H,4-7,26H2,1H3,(H,29,30,31). The van der Waals surface area contributed by atoms with Crippen molar-refractivity contribution in [3.05, 3.63) is 53.6 Å². The van der Waals surface area contributed by atoms with Crippen LogP contribution in [0.5, 0.6) is 5.88 Å². The van der Waals surface area contributed by atoms with Crippen molar-refractivity contribution in [1.29, 1.82) is 0 Å². The lowest BCUT2D eigenvalue weighted by atomic mass is 9.98. The summed E-state index contributed by atoms with van der Waals surface area (Å²) in [4.78, 5) is 13.5. The third-order valence-electron chi connectivity index (χ3n) is 6.39. The average molecular weight is 493 g/mol. The summed E-state index contributed by atoms with van der Waals surface area (Å²) in [6.07, 6.45) is 3.51. The van der Waals surface area contributed by atoms with E-state index in [2.05, 4.69) is 25.6 Å². The fourth-order valence-corrected chi connectivity index (χ4v) is 6.11. The number of hydrogen-bond acceptors (Lipinski definition) is 9. The molecule has 0 radical (unpaired) electrons. The van der Waals surface area contributed by atoms with Crippen LogP contribution in [-0.2, 0) is 16.3 Å². The molecule has 2 aromatic heterocycles. The number of nitrogens with zero attached hydrogens (tertiary/aromatic N) is 3. The van der Waals surface area contributed by atoms with Crippen LogP contribution in [0.2, 0.25) is 0 Å². The quantitative estimate of drug-likeness (QED) is 0.367. The van der Waals surface area contributed by atoms with Crippen LogP contribution >= 0.6 is 0 Å². The summed E-state index contributed by atoms with van der Waals surface area (Å²) in [5.41, 5.74) is 10.4. The molecule has 35 heavy (non-hydrogen) atoms. The summed E-state index contributed by atoms with van der Waals surface area (Å²) in [7, 11) is -3.20. The number of halogens is 1. The Morgan fingerprint density at radius 2 is 2.03 bits per heavy atom. The molecule has 0 bridgehead atoms. The van der Waals surface area contributed by atoms with Gasteiger partial charge in [-0.25, -0.2) is 27.8 Å². The molecule has 9 nitrogen and oxygen atoms in total. The Labute approximate surface area is 200 Å². The second-order valence-corrected chi connectivity index (χ2v) is 10.6. The lowest BCUT2D eigenvalue weighted by molar-refractivity contribution is 0.310. The maximum atomic E-state index is 15.3. The molecule has 2 aliphatic heterocycles. The van der Waals surface area contributed by atoms with Crippen molar-refractivity contribution in [1.82, 2.24) is 15.0 Å². The molecule has 0 amide bonds. The van der Waals surface area contributed by atoms with Crippen LogP contribution in [0.4, 0.5) is 27.4 Å². The van der Waals surface area contributed by atoms with Crippen LogP contribution in [-0.4, -0.2) is 42.3 Å². The number of aryl methyl sites for hydroxylation is 1. The molecular formula is C24H21FN6O3S. The van der Waals surface area contributed by atoms with Crippen molar-refractivity contribution in [2.75, 3.05) is 35.3 Å². The number of sulfone groups is 1. The molecule has 11 heteroatoms. The predicted octanol–water partition coefficient (Wildman–Crippen LogP) is 3.60. The van der Waals surface area contributed by atoms with Gasteiger partial charge in [0, 0.05) is 41.1 Å². The number of nitrogen functional groups attached to an aromatic ring is 1. The first-order valence-electron chi connectivity index (χ1n) is 11.1. The summed E-state index contributed by atoms with van der Waals surface area (Å²) in [5.74, 6) is 0.321. The molecule has 0 saturated carbocycles. The molecule has 0 aliphatic carbocycles. The molecule has 0 saturated heterocycles. The minimum atomic E-state index is -3.20. The summed E-state index contributed by atoms with van der Waals surface area (Å²) in [6, 6.07) is 6.69. The highest BCUT2D eigenvalue weighted by atomic mass is 32.2. The highest BCUT2D eigenvalue weighted by Gasteiger charge is 2.26. The average Bonchev–Trinajstić information content (AvgIpc) is 3.16. The van der Waals surface area contributed by atoms with Gasteiger partial charge in [0.2, 0.25) is 11.8 Å². The number of benzene rings is 2. The maximum absolute atomic E-state index is 15.3. The zero-order valence-corrected chi connectivity index (χ0v) is 19.5. The van der Waals surface area contributed by atoms with E-state index in [1.807, 2.05) is 6.92 Å². The summed E-state index contributed by atoms with van der Waals surface area (Å²) < 4.78 is 45.1. The molecule has 4 aromatic rings. The lowest BCUT2D eigenvalue weighted by Crippen LogP contribution is -2.20. The first-order valence-corrected chi connectivity index (χ1v) is 12.7. The third-order valence-corrected chi connectivity index (χ3v) is 8.20. The van der Waals surface area contributed by atoms with E-state index in [1.165, 1.54) is 6.20 Å². The van der Waals surface area contributed by atoms with E-state index in [0.717, 1.165) is 16.8 Å². The van der Waals surface area contributed by atoms with E-state index < -0.39 is 15.7 Å². The molecule has 0 spiro atoms. The number of nitrogens with one attached hydrogen (secondary N) is 2. The zero-order chi connectivity index (χ0) is 24.3. The number of anilines is 4. The van der Waals surface area contributed by atoms with E-state index >= 15 is 4.39 Å². The van der Waals surface area contributed by atoms with Crippen LogP contribution in [0.25, 0.3) is 22.0 Å². The first kappa shape index (κ1) is 21.5. The molecule has 4 N–H and O–H groups in total. The van der Waals surface area contributed by atoms with E-state index in [4.69, 9.17) is 10.5 Å². The Hall–Kier alpha value is -3.99. The van der Waals surface area contributed by atoms with Gasteiger partial charge in [-0.05, 0) is 48.7 Å². The third kappa shape index (κ3) is 3.50. The van der Waals surface area contributed by atoms with Gasteiger partial charge in [-0.15, -0.1) is 0 Å². The number of hydrogen-bond donors (Lipinski definition) is 3. The molecular weight excluding hydrogens is 471 g/mol. The smallest absolute Gasteiger partial charge is 0.237 e. The number of pyridine rings is 1. The fraction of sp³-hybridized carbons (Fsp3) is 0.208. The Kier molecular flexibility index (Phi) is 4.78. The van der Waals surface area contributed by atoms with Crippen molar-refractivity contribution in [3.8, 4) is 17.0 Å². The second-order valence-electron chi connectivity index (χ2n) is 8.55. The van der Waals surface area contributed by atoms with Gasteiger partial charge in [0.1, 0.15) is 12.3 Å². The van der Waals surface area contributed by atoms with E-state index in [9.17, 15) is 8.42 Å². The first-order chi connectivity index (χ1) is 16.8. The van der Waals surface area contributed by atoms with E-state index in [0.29, 0.717) is 52.5 Å². The Balaban J connectivity index is 1.41. The second kappa shape index (κ2) is 7.77. The maximum Gasteiger partial charge on any atom is 0.237 e. The topological polar surface area (TPSA) is 132 Å². The number of aromatic nitrogens is 3. The van der Waals surface area contributed by atoms with Crippen molar-refractivity contribution < 1.29 is 17.5 Å². The summed E-state index contributed by atoms with van der Waals surface area (Å²) in [6.45, 7) is 3.03. The van der Waals surface area contributed by atoms with Gasteiger partial charge in [0.05, 0.1) is 21.9 Å². The van der Waals surface area contributed by atoms with Crippen LogP contribution in [0, 0.1) is 12.7 Å². The molecule has 0 atom stereocenters. The van der Waals surface area contributed by atoms with E-state index in [-0.39, 0.29) is 23.0 Å². The Bertz CT molecular complexity index is 1640. The van der Waals surface area contributed by atoms with E-state index in [1.54, 1.807) is 30.5 Å². The predicted molar refractivity (Wildman–Crippen MR) is 131 cm³/mol. The van der Waals surface area contributed by atoms with Crippen LogP contribution in [0.3, 0.4) is 0 Å². The number of nitrogens with two attached hydrogens (primary N) is 1. The highest BCUT2D eigenvalue weighted by molar-refractivity contribution is 7.91. The van der Waals surface area contributed by atoms with Gasteiger partial charge in [-0.3, -0.25) is 0 Å². The zero-order valence-electron chi connectivity index (χ0n) is 18.7. The van der Waals surface area contributed by atoms with Crippen molar-refractivity contribution in [3.63, 3.8) is 0 Å². The molecule has 6 rings (SSSR count). The van der Waals surface area contributed by atoms with Gasteiger partial charge in [0.25, 0.3) is 0 Å². The summed E-state index contributed by atoms with van der Waals surface area (Å²) >= 11 is 0. The van der Waals surface area contributed by atoms with Gasteiger partial charge in [0.15, 0.2) is 15.7 Å². The summed E-state index contributed by atoms with van der Waals surface area (Å²) in [5, 5.41) is 6.76. The van der Waals surface area contributed by atoms with Crippen molar-refractivity contribution >= 4 is 43.8 Å². The van der Waals surface area contributed by atoms with Crippen LogP contribution in [0.1, 0.15) is 11.1 Å². The Morgan fingerprint density at radius 3 is 2.89 bits per heavy atom. The van der Waals surface area contributed by atoms with Crippen LogP contribution in [0.15, 0.2) is 41.6 Å². The minimum absolute atomic E-state index is 0.0480. The van der Waals surface area contributed by atoms with Gasteiger partial charge < -0.3 is 21.1 Å². The SMILES string of the molecule is Cc1c(-c2cc3nc(Nc4ccc5c(c4)CCS5(=O)=O)ncc3c(N)c2F)cnc2c1NCCO2. The molecule has 4 heterocycles. The van der Waals surface area contributed by atoms with Crippen molar-refractivity contribution in [2.45, 2.75) is 18.2 Å². The van der Waals surface area contributed by atoms with Gasteiger partial charge >= 0.3 is 0 Å². The monoisotopic (exact) mass is 492 g/mol. The molecule has 2 aliphatic rings. The molecule has 0 unspecified atom stereocenters. The fourth-order valence-electron chi connectivity index (χ4n) is 4.56. The van der Waals surface area contributed by atoms with Crippen molar-refractivity contribution in [2.24, 2.45) is 0 Å². The lowest BCUT2D eigenvalue weighted by Gasteiger charge is -2.22. The normalized spacial score (nSPS) is 15.7. The highest BCUT2D eigenvalue weighted by Crippen LogP contribution is 2.39.